The van der Waals surface area contributed by atoms with E-state index in [1.807, 2.05) is 60.5 Å². The minimum atomic E-state index is -0.695. The van der Waals surface area contributed by atoms with Gasteiger partial charge in [-0.25, -0.2) is 8.78 Å². The maximum absolute atomic E-state index is 13.7. The summed E-state index contributed by atoms with van der Waals surface area (Å²) in [6, 6.07) is 21.2. The first-order valence-corrected chi connectivity index (χ1v) is 14.9. The lowest BCUT2D eigenvalue weighted by molar-refractivity contribution is -0.124. The number of ether oxygens (including phenoxy) is 1. The molecule has 3 aromatic carbocycles. The number of likely N-dealkylation sites (N-methyl/N-ethyl adjacent to an activating group) is 1. The molecule has 2 aliphatic rings. The molecule has 1 saturated carbocycles. The Balaban J connectivity index is 0.00000423. The van der Waals surface area contributed by atoms with Crippen LogP contribution in [-0.2, 0) is 10.2 Å². The number of aliphatic hydroxyl groups is 1. The van der Waals surface area contributed by atoms with Crippen LogP contribution in [0.2, 0.25) is 0 Å². The Labute approximate surface area is 252 Å². The number of likely N-dealkylation sites (tertiary alicyclic amines) is 1. The van der Waals surface area contributed by atoms with Crippen LogP contribution in [0, 0.1) is 11.6 Å². The average molecular weight is 593 g/mol. The number of carbonyl (C=O) groups is 1. The Morgan fingerprint density at radius 2 is 1.53 bits per heavy atom. The van der Waals surface area contributed by atoms with E-state index in [1.54, 1.807) is 12.2 Å². The van der Waals surface area contributed by atoms with Gasteiger partial charge in [-0.05, 0) is 93.1 Å². The number of hydrogen-bond donors (Lipinski definition) is 1. The fourth-order valence-electron chi connectivity index (χ4n) is 6.49. The Hall–Kier alpha value is -3.59. The number of halogens is 2. The Morgan fingerprint density at radius 1 is 0.977 bits per heavy atom. The molecule has 8 heteroatoms. The summed E-state index contributed by atoms with van der Waals surface area (Å²) in [4.78, 5) is 16.5. The van der Waals surface area contributed by atoms with E-state index in [1.165, 1.54) is 24.3 Å². The van der Waals surface area contributed by atoms with Crippen LogP contribution in [0.15, 0.2) is 78.9 Å². The van der Waals surface area contributed by atoms with Crippen molar-refractivity contribution in [3.8, 4) is 5.75 Å². The summed E-state index contributed by atoms with van der Waals surface area (Å²) >= 11 is 0. The van der Waals surface area contributed by atoms with Gasteiger partial charge in [0, 0.05) is 42.7 Å². The van der Waals surface area contributed by atoms with Crippen molar-refractivity contribution in [1.29, 1.82) is 0 Å². The first kappa shape index (κ1) is 32.3. The molecule has 6 nitrogen and oxygen atoms in total. The third-order valence-corrected chi connectivity index (χ3v) is 8.90. The quantitative estimate of drug-likeness (QED) is 0.321. The van der Waals surface area contributed by atoms with Gasteiger partial charge in [0.25, 0.3) is 0 Å². The molecule has 0 spiro atoms. The standard InChI is InChI=1S/C35H40F2N2O3.H2O/c1-38(24-32(40)25-42-33-7-3-2-6-26(33)8-17-34(41)39-22-4-5-23-39)31-18-20-35(21-19-31,27-9-13-29(36)14-10-27)28-11-15-30(37)16-12-28;/h2-3,6-17,31-32,40H,4-5,18-25H2,1H3;1H2. The number of carbonyl (C=O) groups excluding carboxylic acids is 1. The summed E-state index contributed by atoms with van der Waals surface area (Å²) in [7, 11) is 2.03. The fourth-order valence-corrected chi connectivity index (χ4v) is 6.49. The minimum Gasteiger partial charge on any atom is -0.490 e. The molecule has 5 rings (SSSR count). The van der Waals surface area contributed by atoms with E-state index < -0.39 is 6.10 Å². The third-order valence-electron chi connectivity index (χ3n) is 8.90. The third kappa shape index (κ3) is 7.88. The number of para-hydroxylation sites is 1. The number of amides is 1. The highest BCUT2D eigenvalue weighted by Gasteiger charge is 2.39. The predicted octanol–water partition coefficient (Wildman–Crippen LogP) is 5.38. The van der Waals surface area contributed by atoms with Crippen LogP contribution in [0.4, 0.5) is 8.78 Å². The van der Waals surface area contributed by atoms with Crippen LogP contribution in [0.25, 0.3) is 6.08 Å². The zero-order valence-corrected chi connectivity index (χ0v) is 24.7. The number of hydrogen-bond acceptors (Lipinski definition) is 4. The molecular formula is C35H42F2N2O4. The summed E-state index contributed by atoms with van der Waals surface area (Å²) in [5.41, 5.74) is 2.57. The Bertz CT molecular complexity index is 1300. The van der Waals surface area contributed by atoms with Crippen molar-refractivity contribution >= 4 is 12.0 Å². The molecule has 1 saturated heterocycles. The second-order valence-electron chi connectivity index (χ2n) is 11.6. The van der Waals surface area contributed by atoms with Crippen LogP contribution in [0.1, 0.15) is 55.2 Å². The topological polar surface area (TPSA) is 84.5 Å². The molecule has 1 aliphatic heterocycles. The lowest BCUT2D eigenvalue weighted by atomic mass is 9.64. The lowest BCUT2D eigenvalue weighted by Crippen LogP contribution is -2.44. The molecule has 0 bridgehead atoms. The lowest BCUT2D eigenvalue weighted by Gasteiger charge is -2.44. The summed E-state index contributed by atoms with van der Waals surface area (Å²) in [5.74, 6) is 0.101. The van der Waals surface area contributed by atoms with Crippen LogP contribution in [-0.4, -0.2) is 71.7 Å². The highest BCUT2D eigenvalue weighted by molar-refractivity contribution is 5.92. The molecule has 0 radical (unpaired) electrons. The van der Waals surface area contributed by atoms with E-state index in [0.29, 0.717) is 12.3 Å². The molecule has 1 heterocycles. The van der Waals surface area contributed by atoms with E-state index in [4.69, 9.17) is 4.74 Å². The summed E-state index contributed by atoms with van der Waals surface area (Å²) in [5, 5.41) is 10.9. The maximum atomic E-state index is 13.7. The highest BCUT2D eigenvalue weighted by atomic mass is 19.1. The average Bonchev–Trinajstić information content (AvgIpc) is 3.55. The monoisotopic (exact) mass is 592 g/mol. The number of benzene rings is 3. The fraction of sp³-hybridized carbons (Fsp3) is 0.400. The second kappa shape index (κ2) is 14.7. The predicted molar refractivity (Wildman–Crippen MR) is 165 cm³/mol. The van der Waals surface area contributed by atoms with Gasteiger partial charge in [-0.3, -0.25) is 4.79 Å². The molecule has 3 N–H and O–H groups in total. The van der Waals surface area contributed by atoms with E-state index in [9.17, 15) is 18.7 Å². The zero-order valence-electron chi connectivity index (χ0n) is 24.7. The van der Waals surface area contributed by atoms with Gasteiger partial charge in [0.1, 0.15) is 30.1 Å². The molecule has 2 fully saturated rings. The normalized spacial score (nSPS) is 17.7. The van der Waals surface area contributed by atoms with Crippen molar-refractivity contribution in [2.24, 2.45) is 0 Å². The van der Waals surface area contributed by atoms with Gasteiger partial charge in [0.2, 0.25) is 5.91 Å². The van der Waals surface area contributed by atoms with Crippen LogP contribution in [0.3, 0.4) is 0 Å². The smallest absolute Gasteiger partial charge is 0.246 e. The molecular weight excluding hydrogens is 550 g/mol. The molecule has 3 aromatic rings. The number of rotatable bonds is 10. The Kier molecular flexibility index (Phi) is 11.1. The molecule has 230 valence electrons. The van der Waals surface area contributed by atoms with Gasteiger partial charge < -0.3 is 25.1 Å². The van der Waals surface area contributed by atoms with Crippen molar-refractivity contribution in [1.82, 2.24) is 9.80 Å². The first-order chi connectivity index (χ1) is 20.3. The summed E-state index contributed by atoms with van der Waals surface area (Å²) < 4.78 is 33.5. The van der Waals surface area contributed by atoms with Crippen molar-refractivity contribution in [2.75, 3.05) is 33.3 Å². The van der Waals surface area contributed by atoms with Crippen LogP contribution in [0.5, 0.6) is 5.75 Å². The van der Waals surface area contributed by atoms with E-state index in [2.05, 4.69) is 4.90 Å². The van der Waals surface area contributed by atoms with E-state index in [0.717, 1.165) is 68.3 Å². The van der Waals surface area contributed by atoms with Crippen LogP contribution < -0.4 is 4.74 Å². The van der Waals surface area contributed by atoms with Crippen molar-refractivity contribution in [2.45, 2.75) is 56.1 Å². The molecule has 1 atom stereocenters. The van der Waals surface area contributed by atoms with Crippen molar-refractivity contribution < 1.29 is 28.9 Å². The summed E-state index contributed by atoms with van der Waals surface area (Å²) in [6.07, 6.45) is 8.23. The van der Waals surface area contributed by atoms with Gasteiger partial charge in [0.05, 0.1) is 0 Å². The molecule has 1 aliphatic carbocycles. The van der Waals surface area contributed by atoms with Crippen molar-refractivity contribution in [3.05, 3.63) is 107 Å². The molecule has 1 unspecified atom stereocenters. The number of nitrogens with zero attached hydrogens (tertiary/aromatic N) is 2. The Morgan fingerprint density at radius 3 is 2.12 bits per heavy atom. The van der Waals surface area contributed by atoms with E-state index in [-0.39, 0.29) is 41.1 Å². The van der Waals surface area contributed by atoms with Gasteiger partial charge >= 0.3 is 0 Å². The van der Waals surface area contributed by atoms with Gasteiger partial charge in [0.15, 0.2) is 0 Å². The van der Waals surface area contributed by atoms with Crippen LogP contribution >= 0.6 is 0 Å². The first-order valence-electron chi connectivity index (χ1n) is 14.9. The van der Waals surface area contributed by atoms with Crippen molar-refractivity contribution in [3.63, 3.8) is 0 Å². The second-order valence-corrected chi connectivity index (χ2v) is 11.6. The van der Waals surface area contributed by atoms with Gasteiger partial charge in [-0.2, -0.15) is 0 Å². The SMILES string of the molecule is CN(CC(O)COc1ccccc1C=CC(=O)N1CCCC1)C1CCC(c2ccc(F)cc2)(c2ccc(F)cc2)CC1.O. The van der Waals surface area contributed by atoms with Gasteiger partial charge in [-0.1, -0.05) is 42.5 Å². The summed E-state index contributed by atoms with van der Waals surface area (Å²) in [6.45, 7) is 2.20. The zero-order chi connectivity index (χ0) is 29.5. The molecule has 43 heavy (non-hydrogen) atoms. The van der Waals surface area contributed by atoms with Gasteiger partial charge in [-0.15, -0.1) is 0 Å². The molecule has 1 amide bonds. The highest BCUT2D eigenvalue weighted by Crippen LogP contribution is 2.45. The minimum absolute atomic E-state index is 0. The largest absolute Gasteiger partial charge is 0.490 e. The molecule has 0 aromatic heterocycles. The maximum Gasteiger partial charge on any atom is 0.246 e. The number of aliphatic hydroxyl groups excluding tert-OH is 1. The van der Waals surface area contributed by atoms with E-state index >= 15 is 0 Å².